The molecule has 2 fully saturated rings. The van der Waals surface area contributed by atoms with Crippen LogP contribution in [0.2, 0.25) is 0 Å². The Kier molecular flexibility index (Phi) is 3.22. The highest BCUT2D eigenvalue weighted by molar-refractivity contribution is 5.43. The fourth-order valence-electron chi connectivity index (χ4n) is 6.15. The minimum absolute atomic E-state index is 0.261. The van der Waals surface area contributed by atoms with Crippen LogP contribution < -0.4 is 5.73 Å². The van der Waals surface area contributed by atoms with Gasteiger partial charge in [-0.15, -0.1) is 0 Å². The lowest BCUT2D eigenvalue weighted by atomic mass is 9.47. The maximum atomic E-state index is 6.44. The molecule has 2 N–H and O–H groups in total. The Bertz CT molecular complexity index is 583. The van der Waals surface area contributed by atoms with Gasteiger partial charge in [0.05, 0.1) is 0 Å². The van der Waals surface area contributed by atoms with Gasteiger partial charge in [-0.3, -0.25) is 0 Å². The van der Waals surface area contributed by atoms with E-state index in [9.17, 15) is 0 Å². The maximum absolute atomic E-state index is 6.44. The van der Waals surface area contributed by atoms with Gasteiger partial charge in [0.2, 0.25) is 0 Å². The summed E-state index contributed by atoms with van der Waals surface area (Å²) in [7, 11) is 2.34. The van der Waals surface area contributed by atoms with E-state index in [1.807, 2.05) is 0 Å². The number of likely N-dealkylation sites (N-methyl/N-ethyl adjacent to an activating group) is 1. The Balaban J connectivity index is 1.98. The SMILES string of the molecule is CC1CCN(C)[C@]2(C)Cc3ccccc3[C@]13CCC(N)C[C@H]32. The zero-order valence-corrected chi connectivity index (χ0v) is 14.3. The molecule has 3 aliphatic rings. The molecule has 120 valence electrons. The molecule has 4 rings (SSSR count). The maximum Gasteiger partial charge on any atom is 0.0256 e. The van der Waals surface area contributed by atoms with Crippen LogP contribution >= 0.6 is 0 Å². The molecule has 1 aliphatic heterocycles. The van der Waals surface area contributed by atoms with Crippen LogP contribution in [0.1, 0.15) is 50.7 Å². The van der Waals surface area contributed by atoms with Gasteiger partial charge in [0.1, 0.15) is 0 Å². The van der Waals surface area contributed by atoms with Crippen molar-refractivity contribution in [1.82, 2.24) is 4.90 Å². The van der Waals surface area contributed by atoms with Crippen LogP contribution in [-0.4, -0.2) is 30.1 Å². The van der Waals surface area contributed by atoms with Crippen molar-refractivity contribution in [3.63, 3.8) is 0 Å². The lowest BCUT2D eigenvalue weighted by Crippen LogP contribution is -2.63. The molecule has 0 spiro atoms. The average molecular weight is 298 g/mol. The number of likely N-dealkylation sites (tertiary alicyclic amines) is 1. The third kappa shape index (κ3) is 1.74. The van der Waals surface area contributed by atoms with Gasteiger partial charge in [0.25, 0.3) is 0 Å². The summed E-state index contributed by atoms with van der Waals surface area (Å²) < 4.78 is 0. The summed E-state index contributed by atoms with van der Waals surface area (Å²) in [4.78, 5) is 2.66. The topological polar surface area (TPSA) is 29.3 Å². The molecule has 1 saturated heterocycles. The van der Waals surface area contributed by atoms with Crippen molar-refractivity contribution < 1.29 is 0 Å². The zero-order chi connectivity index (χ0) is 15.5. The molecule has 2 unspecified atom stereocenters. The van der Waals surface area contributed by atoms with Crippen molar-refractivity contribution in [3.8, 4) is 0 Å². The summed E-state index contributed by atoms with van der Waals surface area (Å²) >= 11 is 0. The third-order valence-corrected chi connectivity index (χ3v) is 7.56. The van der Waals surface area contributed by atoms with E-state index < -0.39 is 0 Å². The monoisotopic (exact) mass is 298 g/mol. The molecule has 2 aliphatic carbocycles. The van der Waals surface area contributed by atoms with Gasteiger partial charge in [0, 0.05) is 17.0 Å². The highest BCUT2D eigenvalue weighted by Gasteiger charge is 2.60. The smallest absolute Gasteiger partial charge is 0.0256 e. The second-order valence-corrected chi connectivity index (χ2v) is 8.43. The molecule has 2 heteroatoms. The van der Waals surface area contributed by atoms with Crippen molar-refractivity contribution in [2.45, 2.75) is 62.9 Å². The van der Waals surface area contributed by atoms with E-state index in [1.165, 1.54) is 38.6 Å². The lowest BCUT2D eigenvalue weighted by Gasteiger charge is -2.60. The van der Waals surface area contributed by atoms with Gasteiger partial charge in [-0.1, -0.05) is 31.2 Å². The minimum atomic E-state index is 0.261. The van der Waals surface area contributed by atoms with Crippen LogP contribution in [0.5, 0.6) is 0 Å². The second-order valence-electron chi connectivity index (χ2n) is 8.43. The molecule has 1 aromatic rings. The summed E-state index contributed by atoms with van der Waals surface area (Å²) in [5.41, 5.74) is 10.3. The van der Waals surface area contributed by atoms with Crippen LogP contribution in [0.25, 0.3) is 0 Å². The van der Waals surface area contributed by atoms with Crippen LogP contribution in [-0.2, 0) is 11.8 Å². The fraction of sp³-hybridized carbons (Fsp3) is 0.700. The van der Waals surface area contributed by atoms with E-state index in [4.69, 9.17) is 5.73 Å². The first kappa shape index (κ1) is 14.7. The molecular weight excluding hydrogens is 268 g/mol. The van der Waals surface area contributed by atoms with Gasteiger partial charge in [-0.2, -0.15) is 0 Å². The van der Waals surface area contributed by atoms with Crippen LogP contribution in [0.4, 0.5) is 0 Å². The van der Waals surface area contributed by atoms with Gasteiger partial charge in [-0.25, -0.2) is 0 Å². The van der Waals surface area contributed by atoms with Crippen molar-refractivity contribution in [1.29, 1.82) is 0 Å². The number of benzene rings is 1. The quantitative estimate of drug-likeness (QED) is 0.796. The number of nitrogens with zero attached hydrogens (tertiary/aromatic N) is 1. The van der Waals surface area contributed by atoms with E-state index in [1.54, 1.807) is 11.1 Å². The number of nitrogens with two attached hydrogens (primary N) is 1. The van der Waals surface area contributed by atoms with E-state index in [0.29, 0.717) is 17.4 Å². The van der Waals surface area contributed by atoms with Crippen molar-refractivity contribution in [2.75, 3.05) is 13.6 Å². The molecule has 22 heavy (non-hydrogen) atoms. The van der Waals surface area contributed by atoms with Gasteiger partial charge in [-0.05, 0) is 75.6 Å². The van der Waals surface area contributed by atoms with Crippen molar-refractivity contribution >= 4 is 0 Å². The van der Waals surface area contributed by atoms with Crippen LogP contribution in [0.15, 0.2) is 24.3 Å². The predicted molar refractivity (Wildman–Crippen MR) is 92.0 cm³/mol. The number of fused-ring (bicyclic) bond motifs is 1. The van der Waals surface area contributed by atoms with Gasteiger partial charge < -0.3 is 10.6 Å². The number of rotatable bonds is 0. The van der Waals surface area contributed by atoms with Crippen molar-refractivity contribution in [2.24, 2.45) is 17.6 Å². The largest absolute Gasteiger partial charge is 0.328 e. The molecule has 0 amide bonds. The fourth-order valence-corrected chi connectivity index (χ4v) is 6.15. The first-order valence-corrected chi connectivity index (χ1v) is 9.03. The Labute approximate surface area is 135 Å². The Morgan fingerprint density at radius 2 is 2.00 bits per heavy atom. The van der Waals surface area contributed by atoms with E-state index in [-0.39, 0.29) is 5.54 Å². The normalized spacial score (nSPS) is 44.8. The summed E-state index contributed by atoms with van der Waals surface area (Å²) in [5, 5.41) is 0. The first-order valence-electron chi connectivity index (χ1n) is 9.03. The van der Waals surface area contributed by atoms with E-state index >= 15 is 0 Å². The predicted octanol–water partition coefficient (Wildman–Crippen LogP) is 3.34. The standard InChI is InChI=1S/C20H30N2/c1-14-9-11-22(3)19(2)13-15-6-4-5-7-17(15)20(14)10-8-16(21)12-18(19)20/h4-7,14,16,18H,8-13,21H2,1-3H3/t14?,16?,18-,19+,20-/m0/s1. The van der Waals surface area contributed by atoms with Crippen LogP contribution in [0.3, 0.4) is 0 Å². The third-order valence-electron chi connectivity index (χ3n) is 7.56. The van der Waals surface area contributed by atoms with Gasteiger partial charge in [0.15, 0.2) is 0 Å². The highest BCUT2D eigenvalue weighted by atomic mass is 15.2. The zero-order valence-electron chi connectivity index (χ0n) is 14.3. The molecular formula is C20H30N2. The summed E-state index contributed by atoms with van der Waals surface area (Å²) in [6.45, 7) is 6.24. The molecule has 1 saturated carbocycles. The minimum Gasteiger partial charge on any atom is -0.328 e. The van der Waals surface area contributed by atoms with E-state index in [0.717, 1.165) is 5.92 Å². The Hall–Kier alpha value is -0.860. The van der Waals surface area contributed by atoms with Gasteiger partial charge >= 0.3 is 0 Å². The Morgan fingerprint density at radius 3 is 2.82 bits per heavy atom. The van der Waals surface area contributed by atoms with Crippen LogP contribution in [0, 0.1) is 11.8 Å². The Morgan fingerprint density at radius 1 is 1.23 bits per heavy atom. The number of hydrogen-bond acceptors (Lipinski definition) is 2. The molecule has 0 radical (unpaired) electrons. The molecule has 5 atom stereocenters. The summed E-state index contributed by atoms with van der Waals surface area (Å²) in [5.74, 6) is 1.44. The number of hydrogen-bond donors (Lipinski definition) is 1. The summed E-state index contributed by atoms with van der Waals surface area (Å²) in [6.07, 6.45) is 6.16. The van der Waals surface area contributed by atoms with Crippen molar-refractivity contribution in [3.05, 3.63) is 35.4 Å². The highest BCUT2D eigenvalue weighted by Crippen LogP contribution is 2.60. The molecule has 2 nitrogen and oxygen atoms in total. The molecule has 1 aromatic carbocycles. The lowest BCUT2D eigenvalue weighted by molar-refractivity contribution is -0.0101. The molecule has 0 aromatic heterocycles. The second kappa shape index (κ2) is 4.82. The summed E-state index contributed by atoms with van der Waals surface area (Å²) in [6, 6.07) is 9.68. The van der Waals surface area contributed by atoms with E-state index in [2.05, 4.69) is 50.1 Å². The average Bonchev–Trinajstić information content (AvgIpc) is 2.57. The molecule has 1 heterocycles. The first-order chi connectivity index (χ1) is 10.5. The molecule has 2 bridgehead atoms.